The minimum absolute atomic E-state index is 0.00149. The first-order valence-corrected chi connectivity index (χ1v) is 13.9. The number of carbonyl (C=O) groups is 2. The molecule has 8 nitrogen and oxygen atoms in total. The average Bonchev–Trinajstić information content (AvgIpc) is 3.23. The molecule has 3 aromatic carbocycles. The van der Waals surface area contributed by atoms with Crippen LogP contribution < -0.4 is 10.9 Å². The number of hydrogen-bond donors (Lipinski definition) is 1. The van der Waals surface area contributed by atoms with E-state index in [0.29, 0.717) is 29.1 Å². The summed E-state index contributed by atoms with van der Waals surface area (Å²) < 4.78 is 29.8. The zero-order valence-electron chi connectivity index (χ0n) is 24.4. The first-order valence-electron chi connectivity index (χ1n) is 13.9. The van der Waals surface area contributed by atoms with Crippen LogP contribution in [0.4, 0.5) is 8.78 Å². The Kier molecular flexibility index (Phi) is 8.76. The quantitative estimate of drug-likeness (QED) is 0.207. The summed E-state index contributed by atoms with van der Waals surface area (Å²) in [5.74, 6) is 4.24. The van der Waals surface area contributed by atoms with E-state index < -0.39 is 17.2 Å². The van der Waals surface area contributed by atoms with Crippen molar-refractivity contribution in [3.8, 4) is 11.8 Å². The maximum atomic E-state index is 13.6. The Bertz CT molecular complexity index is 2030. The molecule has 0 bridgehead atoms. The Balaban J connectivity index is 1.23. The lowest BCUT2D eigenvalue weighted by atomic mass is 10.1. The van der Waals surface area contributed by atoms with Crippen molar-refractivity contribution in [2.45, 2.75) is 32.7 Å². The third-order valence-electron chi connectivity index (χ3n) is 7.37. The highest BCUT2D eigenvalue weighted by Crippen LogP contribution is 2.16. The van der Waals surface area contributed by atoms with Crippen molar-refractivity contribution in [3.63, 3.8) is 0 Å². The lowest BCUT2D eigenvalue weighted by molar-refractivity contribution is 0.0960. The Labute approximate surface area is 252 Å². The molecule has 0 aliphatic carbocycles. The van der Waals surface area contributed by atoms with Crippen LogP contribution in [-0.2, 0) is 20.0 Å². The standard InChI is InChI=1S/C34H29F2N5O3/c1-21-32(34(44)41(40(21)3)20-24-11-13-27(35)28(36)17-24)30(42)10-5-4-7-22-12-14-29-26(15-22)19-38-31(39-29)18-23-8-6-9-25(16-23)33(43)37-2/h6,8-9,11-17,19H,5,10,18,20H2,1-3H3,(H,37,43). The van der Waals surface area contributed by atoms with Gasteiger partial charge in [0.05, 0.1) is 12.1 Å². The molecular weight excluding hydrogens is 564 g/mol. The third-order valence-corrected chi connectivity index (χ3v) is 7.37. The summed E-state index contributed by atoms with van der Waals surface area (Å²) in [5, 5.41) is 3.44. The van der Waals surface area contributed by atoms with E-state index in [0.717, 1.165) is 34.2 Å². The molecule has 1 amide bonds. The highest BCUT2D eigenvalue weighted by atomic mass is 19.2. The number of nitrogens with zero attached hydrogens (tertiary/aromatic N) is 4. The molecule has 0 atom stereocenters. The molecule has 5 rings (SSSR count). The van der Waals surface area contributed by atoms with E-state index in [-0.39, 0.29) is 36.6 Å². The van der Waals surface area contributed by atoms with Crippen LogP contribution in [0.25, 0.3) is 10.9 Å². The van der Waals surface area contributed by atoms with Gasteiger partial charge in [-0.15, -0.1) is 0 Å². The van der Waals surface area contributed by atoms with Crippen molar-refractivity contribution in [1.82, 2.24) is 24.6 Å². The van der Waals surface area contributed by atoms with Crippen molar-refractivity contribution in [3.05, 3.63) is 128 Å². The lowest BCUT2D eigenvalue weighted by Crippen LogP contribution is -2.25. The van der Waals surface area contributed by atoms with Gasteiger partial charge in [-0.2, -0.15) is 0 Å². The fraction of sp³-hybridized carbons (Fsp3) is 0.206. The van der Waals surface area contributed by atoms with Crippen molar-refractivity contribution >= 4 is 22.6 Å². The van der Waals surface area contributed by atoms with E-state index in [9.17, 15) is 23.2 Å². The van der Waals surface area contributed by atoms with Gasteiger partial charge in [-0.1, -0.05) is 30.0 Å². The Morgan fingerprint density at radius 2 is 1.82 bits per heavy atom. The third kappa shape index (κ3) is 6.47. The number of Topliss-reactive ketones (excluding diaryl/α,β-unsaturated/α-hetero) is 1. The predicted molar refractivity (Wildman–Crippen MR) is 162 cm³/mol. The number of ketones is 1. The van der Waals surface area contributed by atoms with Crippen LogP contribution in [0.2, 0.25) is 0 Å². The number of halogens is 2. The Morgan fingerprint density at radius 3 is 2.59 bits per heavy atom. The molecular formula is C34H29F2N5O3. The summed E-state index contributed by atoms with van der Waals surface area (Å²) in [4.78, 5) is 47.1. The number of carbonyl (C=O) groups excluding carboxylic acids is 2. The van der Waals surface area contributed by atoms with E-state index in [1.54, 1.807) is 38.0 Å². The second-order valence-electron chi connectivity index (χ2n) is 10.3. The van der Waals surface area contributed by atoms with Crippen LogP contribution in [0.1, 0.15) is 61.8 Å². The summed E-state index contributed by atoms with van der Waals surface area (Å²) in [6.45, 7) is 1.67. The zero-order chi connectivity index (χ0) is 31.4. The fourth-order valence-electron chi connectivity index (χ4n) is 4.92. The smallest absolute Gasteiger partial charge is 0.278 e. The molecule has 0 radical (unpaired) electrons. The molecule has 44 heavy (non-hydrogen) atoms. The normalized spacial score (nSPS) is 10.8. The van der Waals surface area contributed by atoms with Crippen molar-refractivity contribution in [1.29, 1.82) is 0 Å². The monoisotopic (exact) mass is 593 g/mol. The predicted octanol–water partition coefficient (Wildman–Crippen LogP) is 4.73. The SMILES string of the molecule is CNC(=O)c1cccc(Cc2ncc3cc(C#CCCC(=O)c4c(C)n(C)n(Cc5ccc(F)c(F)c5)c4=O)ccc3n2)c1. The number of fused-ring (bicyclic) bond motifs is 1. The van der Waals surface area contributed by atoms with Crippen LogP contribution in [0.5, 0.6) is 0 Å². The molecule has 0 saturated heterocycles. The highest BCUT2D eigenvalue weighted by molar-refractivity contribution is 5.97. The van der Waals surface area contributed by atoms with Crippen molar-refractivity contribution in [2.75, 3.05) is 7.05 Å². The van der Waals surface area contributed by atoms with E-state index in [1.807, 2.05) is 36.4 Å². The number of rotatable bonds is 8. The summed E-state index contributed by atoms with van der Waals surface area (Å²) in [7, 11) is 3.23. The van der Waals surface area contributed by atoms with E-state index in [4.69, 9.17) is 0 Å². The highest BCUT2D eigenvalue weighted by Gasteiger charge is 2.21. The van der Waals surface area contributed by atoms with Gasteiger partial charge in [0.2, 0.25) is 0 Å². The van der Waals surface area contributed by atoms with Gasteiger partial charge in [0.1, 0.15) is 11.4 Å². The maximum Gasteiger partial charge on any atom is 0.278 e. The summed E-state index contributed by atoms with van der Waals surface area (Å²) in [6.07, 6.45) is 2.52. The molecule has 0 aliphatic rings. The molecule has 0 spiro atoms. The van der Waals surface area contributed by atoms with Crippen molar-refractivity contribution in [2.24, 2.45) is 7.05 Å². The average molecular weight is 594 g/mol. The maximum absolute atomic E-state index is 13.6. The van der Waals surface area contributed by atoms with E-state index >= 15 is 0 Å². The summed E-state index contributed by atoms with van der Waals surface area (Å²) >= 11 is 0. The van der Waals surface area contributed by atoms with Crippen LogP contribution in [0.15, 0.2) is 71.7 Å². The number of hydrogen-bond acceptors (Lipinski definition) is 5. The van der Waals surface area contributed by atoms with Gasteiger partial charge in [-0.25, -0.2) is 23.4 Å². The van der Waals surface area contributed by atoms with Crippen LogP contribution in [0, 0.1) is 30.4 Å². The van der Waals surface area contributed by atoms with Crippen LogP contribution in [0.3, 0.4) is 0 Å². The van der Waals surface area contributed by atoms with Gasteiger partial charge in [0.25, 0.3) is 11.5 Å². The van der Waals surface area contributed by atoms with Gasteiger partial charge in [-0.05, 0) is 60.5 Å². The molecule has 2 aromatic heterocycles. The molecule has 5 aromatic rings. The van der Waals surface area contributed by atoms with E-state index in [2.05, 4.69) is 27.1 Å². The first-order chi connectivity index (χ1) is 21.1. The van der Waals surface area contributed by atoms with Gasteiger partial charge in [-0.3, -0.25) is 19.1 Å². The molecule has 2 heterocycles. The second kappa shape index (κ2) is 12.8. The Hall–Kier alpha value is -5.43. The largest absolute Gasteiger partial charge is 0.355 e. The van der Waals surface area contributed by atoms with Gasteiger partial charge in [0.15, 0.2) is 17.4 Å². The molecule has 0 saturated carbocycles. The molecule has 222 valence electrons. The summed E-state index contributed by atoms with van der Waals surface area (Å²) in [6, 6.07) is 16.4. The first kappa shape index (κ1) is 30.0. The van der Waals surface area contributed by atoms with Crippen molar-refractivity contribution < 1.29 is 18.4 Å². The molecule has 0 fully saturated rings. The number of aromatic nitrogens is 4. The Morgan fingerprint density at radius 1 is 1.00 bits per heavy atom. The zero-order valence-corrected chi connectivity index (χ0v) is 24.4. The minimum atomic E-state index is -0.998. The van der Waals surface area contributed by atoms with E-state index in [1.165, 1.54) is 10.7 Å². The fourth-order valence-corrected chi connectivity index (χ4v) is 4.92. The topological polar surface area (TPSA) is 98.9 Å². The lowest BCUT2D eigenvalue weighted by Gasteiger charge is -2.08. The second-order valence-corrected chi connectivity index (χ2v) is 10.3. The minimum Gasteiger partial charge on any atom is -0.355 e. The van der Waals surface area contributed by atoms with Gasteiger partial charge >= 0.3 is 0 Å². The molecule has 10 heteroatoms. The number of amides is 1. The number of nitrogens with one attached hydrogen (secondary N) is 1. The summed E-state index contributed by atoms with van der Waals surface area (Å²) in [5.41, 5.74) is 3.48. The van der Waals surface area contributed by atoms with Crippen LogP contribution >= 0.6 is 0 Å². The molecule has 0 unspecified atom stereocenters. The molecule has 1 N–H and O–H groups in total. The van der Waals surface area contributed by atoms with Gasteiger partial charge in [0, 0.05) is 61.8 Å². The van der Waals surface area contributed by atoms with Crippen LogP contribution in [-0.4, -0.2) is 38.1 Å². The molecule has 0 aliphatic heterocycles. The van der Waals surface area contributed by atoms with Gasteiger partial charge < -0.3 is 5.32 Å². The number of benzene rings is 3.